The zero-order chi connectivity index (χ0) is 9.52. The van der Waals surface area contributed by atoms with Crippen molar-refractivity contribution in [3.05, 3.63) is 0 Å². The molecule has 0 saturated carbocycles. The molecule has 0 spiro atoms. The van der Waals surface area contributed by atoms with Gasteiger partial charge in [-0.3, -0.25) is 0 Å². The molecule has 1 rings (SSSR count). The Labute approximate surface area is 82.0 Å². The summed E-state index contributed by atoms with van der Waals surface area (Å²) in [5.41, 5.74) is 0. The third-order valence-electron chi connectivity index (χ3n) is 2.31. The fraction of sp³-hybridized carbons (Fsp3) is 1.00. The summed E-state index contributed by atoms with van der Waals surface area (Å²) in [6.45, 7) is 3.87. The molecule has 1 aliphatic rings. The summed E-state index contributed by atoms with van der Waals surface area (Å²) >= 11 is 0. The molecule has 1 saturated heterocycles. The van der Waals surface area contributed by atoms with E-state index < -0.39 is 0 Å². The number of methoxy groups -OCH3 is 2. The van der Waals surface area contributed by atoms with Crippen molar-refractivity contribution in [3.8, 4) is 0 Å². The molecule has 4 nitrogen and oxygen atoms in total. The summed E-state index contributed by atoms with van der Waals surface area (Å²) in [5.74, 6) is 0.0721. The predicted octanol–water partition coefficient (Wildman–Crippen LogP) is -0.979. The van der Waals surface area contributed by atoms with Gasteiger partial charge in [0.05, 0.1) is 13.2 Å². The molecule has 0 unspecified atom stereocenters. The summed E-state index contributed by atoms with van der Waals surface area (Å²) < 4.78 is 15.6. The Hall–Kier alpha value is 0.0569. The van der Waals surface area contributed by atoms with Crippen molar-refractivity contribution >= 4 is 9.52 Å². The first-order valence-corrected chi connectivity index (χ1v) is 6.54. The average molecular weight is 205 g/mol. The molecule has 0 aromatic carbocycles. The Balaban J connectivity index is 2.09. The minimum absolute atomic E-state index is 0.0721. The number of ether oxygens (including phenoxy) is 3. The number of rotatable bonds is 5. The molecule has 78 valence electrons. The maximum Gasteiger partial charge on any atom is 0.135 e. The monoisotopic (exact) mass is 205 g/mol. The molecule has 1 heterocycles. The lowest BCUT2D eigenvalue weighted by Gasteiger charge is -2.27. The van der Waals surface area contributed by atoms with Crippen LogP contribution >= 0.6 is 0 Å². The van der Waals surface area contributed by atoms with Crippen LogP contribution in [0.25, 0.3) is 0 Å². The van der Waals surface area contributed by atoms with Crippen LogP contribution in [0.4, 0.5) is 0 Å². The van der Waals surface area contributed by atoms with Crippen LogP contribution in [0, 0.1) is 0 Å². The van der Waals surface area contributed by atoms with E-state index in [2.05, 4.69) is 4.90 Å². The van der Waals surface area contributed by atoms with Gasteiger partial charge in [0.2, 0.25) is 0 Å². The second-order valence-corrected chi connectivity index (χ2v) is 4.83. The molecule has 0 N–H and O–H groups in total. The average Bonchev–Trinajstić information content (AvgIpc) is 2.21. The molecular formula is C8H19NO3Si. The molecule has 1 fully saturated rings. The Kier molecular flexibility index (Phi) is 5.57. The van der Waals surface area contributed by atoms with Gasteiger partial charge in [-0.25, -0.2) is 0 Å². The largest absolute Gasteiger partial charge is 0.379 e. The number of hydrogen-bond acceptors (Lipinski definition) is 4. The molecule has 0 radical (unpaired) electrons. The summed E-state index contributed by atoms with van der Waals surface area (Å²) in [4.78, 5) is 2.43. The third kappa shape index (κ3) is 4.19. The molecule has 0 atom stereocenters. The molecule has 0 aromatic heterocycles. The van der Waals surface area contributed by atoms with Crippen molar-refractivity contribution in [2.45, 2.75) is 5.91 Å². The lowest BCUT2D eigenvalue weighted by atomic mass is 10.5. The second-order valence-electron chi connectivity index (χ2n) is 3.14. The first-order chi connectivity index (χ1) is 6.36. The van der Waals surface area contributed by atoms with Crippen LogP contribution in [0.5, 0.6) is 0 Å². The smallest absolute Gasteiger partial charge is 0.135 e. The summed E-state index contributed by atoms with van der Waals surface area (Å²) in [6, 6.07) is 0. The maximum atomic E-state index is 5.27. The molecule has 0 aromatic rings. The molecule has 13 heavy (non-hydrogen) atoms. The van der Waals surface area contributed by atoms with Gasteiger partial charge in [0, 0.05) is 27.3 Å². The summed E-state index contributed by atoms with van der Waals surface area (Å²) in [7, 11) is 3.12. The van der Waals surface area contributed by atoms with Crippen LogP contribution in [0.15, 0.2) is 0 Å². The van der Waals surface area contributed by atoms with Crippen LogP contribution in [-0.2, 0) is 14.2 Å². The van der Waals surface area contributed by atoms with E-state index in [1.165, 1.54) is 0 Å². The van der Waals surface area contributed by atoms with Crippen molar-refractivity contribution in [1.82, 2.24) is 4.90 Å². The normalized spacial score (nSPS) is 20.5. The van der Waals surface area contributed by atoms with Crippen molar-refractivity contribution < 1.29 is 14.2 Å². The highest BCUT2D eigenvalue weighted by Crippen LogP contribution is 1.97. The van der Waals surface area contributed by atoms with Gasteiger partial charge in [0.1, 0.15) is 15.4 Å². The molecule has 0 amide bonds. The first-order valence-electron chi connectivity index (χ1n) is 4.72. The zero-order valence-electron chi connectivity index (χ0n) is 8.49. The van der Waals surface area contributed by atoms with Gasteiger partial charge in [-0.05, 0) is 6.17 Å². The number of hydrogen-bond donors (Lipinski definition) is 0. The van der Waals surface area contributed by atoms with E-state index in [-0.39, 0.29) is 15.4 Å². The lowest BCUT2D eigenvalue weighted by Crippen LogP contribution is -2.41. The lowest BCUT2D eigenvalue weighted by molar-refractivity contribution is -0.0457. The van der Waals surface area contributed by atoms with Gasteiger partial charge >= 0.3 is 0 Å². The number of morpholine rings is 1. The van der Waals surface area contributed by atoms with E-state index in [1.54, 1.807) is 14.2 Å². The SMILES string of the molecule is COC(OC)[SiH2]CN1CCOCC1. The van der Waals surface area contributed by atoms with Crippen LogP contribution < -0.4 is 0 Å². The fourth-order valence-corrected chi connectivity index (χ4v) is 2.94. The predicted molar refractivity (Wildman–Crippen MR) is 53.6 cm³/mol. The summed E-state index contributed by atoms with van der Waals surface area (Å²) in [5, 5.41) is 0. The second kappa shape index (κ2) is 6.50. The van der Waals surface area contributed by atoms with Crippen LogP contribution in [-0.4, -0.2) is 67.0 Å². The number of nitrogens with zero attached hydrogens (tertiary/aromatic N) is 1. The highest BCUT2D eigenvalue weighted by Gasteiger charge is 2.13. The van der Waals surface area contributed by atoms with Crippen molar-refractivity contribution in [3.63, 3.8) is 0 Å². The van der Waals surface area contributed by atoms with Crippen molar-refractivity contribution in [1.29, 1.82) is 0 Å². The van der Waals surface area contributed by atoms with E-state index in [9.17, 15) is 0 Å². The Morgan fingerprint density at radius 3 is 2.46 bits per heavy atom. The molecule has 0 bridgehead atoms. The van der Waals surface area contributed by atoms with E-state index >= 15 is 0 Å². The highest BCUT2D eigenvalue weighted by atomic mass is 28.2. The topological polar surface area (TPSA) is 30.9 Å². The Morgan fingerprint density at radius 1 is 1.31 bits per heavy atom. The Bertz CT molecular complexity index is 127. The van der Waals surface area contributed by atoms with E-state index in [1.807, 2.05) is 0 Å². The molecular weight excluding hydrogens is 186 g/mol. The van der Waals surface area contributed by atoms with Gasteiger partial charge in [0.15, 0.2) is 0 Å². The van der Waals surface area contributed by atoms with Crippen LogP contribution in [0.2, 0.25) is 0 Å². The third-order valence-corrected chi connectivity index (χ3v) is 4.34. The first kappa shape index (κ1) is 11.1. The standard InChI is InChI=1S/C8H19NO3Si/c1-10-8(11-2)13-7-9-3-5-12-6-4-9/h8H,3-7,13H2,1-2H3. The van der Waals surface area contributed by atoms with Gasteiger partial charge in [0.25, 0.3) is 0 Å². The Morgan fingerprint density at radius 2 is 1.92 bits per heavy atom. The molecule has 1 aliphatic heterocycles. The van der Waals surface area contributed by atoms with Crippen LogP contribution in [0.1, 0.15) is 0 Å². The van der Waals surface area contributed by atoms with Crippen LogP contribution in [0.3, 0.4) is 0 Å². The quantitative estimate of drug-likeness (QED) is 0.426. The van der Waals surface area contributed by atoms with Crippen molar-refractivity contribution in [2.75, 3.05) is 46.7 Å². The van der Waals surface area contributed by atoms with Gasteiger partial charge < -0.3 is 19.1 Å². The van der Waals surface area contributed by atoms with E-state index in [0.29, 0.717) is 0 Å². The summed E-state index contributed by atoms with van der Waals surface area (Å²) in [6.07, 6.45) is 1.16. The molecule has 5 heteroatoms. The highest BCUT2D eigenvalue weighted by molar-refractivity contribution is 6.36. The minimum atomic E-state index is -0.294. The zero-order valence-corrected chi connectivity index (χ0v) is 9.91. The fourth-order valence-electron chi connectivity index (χ4n) is 1.44. The van der Waals surface area contributed by atoms with E-state index in [4.69, 9.17) is 14.2 Å². The maximum absolute atomic E-state index is 5.27. The van der Waals surface area contributed by atoms with Gasteiger partial charge in [-0.15, -0.1) is 0 Å². The van der Waals surface area contributed by atoms with Gasteiger partial charge in [-0.1, -0.05) is 0 Å². The van der Waals surface area contributed by atoms with Crippen molar-refractivity contribution in [2.24, 2.45) is 0 Å². The van der Waals surface area contributed by atoms with E-state index in [0.717, 1.165) is 32.5 Å². The molecule has 0 aliphatic carbocycles. The minimum Gasteiger partial charge on any atom is -0.379 e. The van der Waals surface area contributed by atoms with Gasteiger partial charge in [-0.2, -0.15) is 0 Å².